The average Bonchev–Trinajstić information content (AvgIpc) is 2.41. The Labute approximate surface area is 115 Å². The third-order valence-electron chi connectivity index (χ3n) is 4.26. The monoisotopic (exact) mass is 261 g/mol. The van der Waals surface area contributed by atoms with Crippen molar-refractivity contribution in [2.75, 3.05) is 5.32 Å². The lowest BCUT2D eigenvalue weighted by molar-refractivity contribution is 0.0697. The van der Waals surface area contributed by atoms with Gasteiger partial charge in [-0.25, -0.2) is 4.79 Å². The molecule has 19 heavy (non-hydrogen) atoms. The van der Waals surface area contributed by atoms with Crippen molar-refractivity contribution in [3.05, 3.63) is 29.3 Å². The summed E-state index contributed by atoms with van der Waals surface area (Å²) in [6, 6.07) is 5.85. The van der Waals surface area contributed by atoms with Crippen LogP contribution in [-0.4, -0.2) is 17.1 Å². The summed E-state index contributed by atoms with van der Waals surface area (Å²) in [6.07, 6.45) is 6.34. The molecule has 0 atom stereocenters. The number of hydrogen-bond acceptors (Lipinski definition) is 2. The van der Waals surface area contributed by atoms with Crippen LogP contribution in [0.5, 0.6) is 0 Å². The standard InChI is InChI=1S/C16H23NO2/c1-3-12-4-7-14(8-5-12)17-15-9-6-13(16(18)19)10-11(15)2/h6,9-10,12,14,17H,3-5,7-8H2,1-2H3,(H,18,19). The Morgan fingerprint density at radius 2 is 2.00 bits per heavy atom. The molecule has 1 aromatic carbocycles. The van der Waals surface area contributed by atoms with Crippen molar-refractivity contribution in [2.45, 2.75) is 52.0 Å². The maximum Gasteiger partial charge on any atom is 0.335 e. The van der Waals surface area contributed by atoms with Gasteiger partial charge < -0.3 is 10.4 Å². The van der Waals surface area contributed by atoms with Gasteiger partial charge in [0.05, 0.1) is 5.56 Å². The van der Waals surface area contributed by atoms with Gasteiger partial charge in [-0.05, 0) is 62.3 Å². The van der Waals surface area contributed by atoms with Crippen molar-refractivity contribution in [1.29, 1.82) is 0 Å². The Kier molecular flexibility index (Phi) is 4.46. The Morgan fingerprint density at radius 3 is 2.53 bits per heavy atom. The predicted molar refractivity (Wildman–Crippen MR) is 77.8 cm³/mol. The highest BCUT2D eigenvalue weighted by Gasteiger charge is 2.20. The maximum absolute atomic E-state index is 10.9. The van der Waals surface area contributed by atoms with E-state index in [1.807, 2.05) is 13.0 Å². The molecule has 0 bridgehead atoms. The Bertz CT molecular complexity index is 448. The Balaban J connectivity index is 1.98. The molecule has 1 aliphatic carbocycles. The zero-order valence-corrected chi connectivity index (χ0v) is 11.8. The van der Waals surface area contributed by atoms with Crippen molar-refractivity contribution in [3.8, 4) is 0 Å². The van der Waals surface area contributed by atoms with Gasteiger partial charge in [-0.2, -0.15) is 0 Å². The fourth-order valence-electron chi connectivity index (χ4n) is 2.89. The van der Waals surface area contributed by atoms with Gasteiger partial charge in [0.1, 0.15) is 0 Å². The van der Waals surface area contributed by atoms with Crippen LogP contribution in [0.3, 0.4) is 0 Å². The number of anilines is 1. The molecule has 2 rings (SSSR count). The number of nitrogens with one attached hydrogen (secondary N) is 1. The molecular formula is C16H23NO2. The first-order valence-corrected chi connectivity index (χ1v) is 7.20. The van der Waals surface area contributed by atoms with E-state index in [1.165, 1.54) is 32.1 Å². The SMILES string of the molecule is CCC1CCC(Nc2ccc(C(=O)O)cc2C)CC1. The number of benzene rings is 1. The summed E-state index contributed by atoms with van der Waals surface area (Å²) in [5.41, 5.74) is 2.44. The predicted octanol–water partition coefficient (Wildman–Crippen LogP) is 4.07. The summed E-state index contributed by atoms with van der Waals surface area (Å²) in [7, 11) is 0. The largest absolute Gasteiger partial charge is 0.478 e. The van der Waals surface area contributed by atoms with Gasteiger partial charge >= 0.3 is 5.97 Å². The Hall–Kier alpha value is -1.51. The number of carboxylic acids is 1. The summed E-state index contributed by atoms with van der Waals surface area (Å²) in [6.45, 7) is 4.24. The summed E-state index contributed by atoms with van der Waals surface area (Å²) in [5.74, 6) is 0.0339. The molecule has 0 aromatic heterocycles. The van der Waals surface area contributed by atoms with Crippen molar-refractivity contribution < 1.29 is 9.90 Å². The molecule has 1 aliphatic rings. The second kappa shape index (κ2) is 6.09. The maximum atomic E-state index is 10.9. The van der Waals surface area contributed by atoms with E-state index in [-0.39, 0.29) is 0 Å². The van der Waals surface area contributed by atoms with Crippen molar-refractivity contribution in [3.63, 3.8) is 0 Å². The van der Waals surface area contributed by atoms with Crippen molar-refractivity contribution >= 4 is 11.7 Å². The van der Waals surface area contributed by atoms with Crippen LogP contribution in [0.25, 0.3) is 0 Å². The first-order chi connectivity index (χ1) is 9.10. The van der Waals surface area contributed by atoms with E-state index in [9.17, 15) is 4.79 Å². The number of aryl methyl sites for hydroxylation is 1. The van der Waals surface area contributed by atoms with E-state index in [0.717, 1.165) is 17.2 Å². The molecule has 3 heteroatoms. The van der Waals surface area contributed by atoms with Crippen molar-refractivity contribution in [2.24, 2.45) is 5.92 Å². The first kappa shape index (κ1) is 13.9. The van der Waals surface area contributed by atoms with Crippen LogP contribution in [0.1, 0.15) is 54.9 Å². The highest BCUT2D eigenvalue weighted by Crippen LogP contribution is 2.29. The fourth-order valence-corrected chi connectivity index (χ4v) is 2.89. The molecule has 2 N–H and O–H groups in total. The number of rotatable bonds is 4. The topological polar surface area (TPSA) is 49.3 Å². The minimum absolute atomic E-state index is 0.359. The van der Waals surface area contributed by atoms with Gasteiger partial charge in [0.2, 0.25) is 0 Å². The molecule has 1 saturated carbocycles. The van der Waals surface area contributed by atoms with E-state index in [2.05, 4.69) is 12.2 Å². The molecule has 104 valence electrons. The highest BCUT2D eigenvalue weighted by molar-refractivity contribution is 5.88. The van der Waals surface area contributed by atoms with Gasteiger partial charge in [-0.15, -0.1) is 0 Å². The lowest BCUT2D eigenvalue weighted by Gasteiger charge is -2.29. The summed E-state index contributed by atoms with van der Waals surface area (Å²) < 4.78 is 0. The highest BCUT2D eigenvalue weighted by atomic mass is 16.4. The summed E-state index contributed by atoms with van der Waals surface area (Å²) >= 11 is 0. The van der Waals surface area contributed by atoms with Crippen molar-refractivity contribution in [1.82, 2.24) is 0 Å². The zero-order valence-electron chi connectivity index (χ0n) is 11.8. The second-order valence-corrected chi connectivity index (χ2v) is 5.61. The molecule has 0 radical (unpaired) electrons. The third-order valence-corrected chi connectivity index (χ3v) is 4.26. The number of carboxylic acid groups (broad SMARTS) is 1. The molecule has 0 aliphatic heterocycles. The second-order valence-electron chi connectivity index (χ2n) is 5.61. The van der Waals surface area contributed by atoms with E-state index < -0.39 is 5.97 Å². The molecule has 1 aromatic rings. The molecule has 1 fully saturated rings. The lowest BCUT2D eigenvalue weighted by atomic mass is 9.84. The van der Waals surface area contributed by atoms with Crippen LogP contribution in [0.15, 0.2) is 18.2 Å². The van der Waals surface area contributed by atoms with E-state index in [0.29, 0.717) is 11.6 Å². The third kappa shape index (κ3) is 3.49. The number of hydrogen-bond donors (Lipinski definition) is 2. The number of carbonyl (C=O) groups is 1. The van der Waals surface area contributed by atoms with Crippen LogP contribution in [0.4, 0.5) is 5.69 Å². The van der Waals surface area contributed by atoms with Crippen LogP contribution < -0.4 is 5.32 Å². The van der Waals surface area contributed by atoms with Gasteiger partial charge in [0.15, 0.2) is 0 Å². The van der Waals surface area contributed by atoms with E-state index >= 15 is 0 Å². The minimum atomic E-state index is -0.863. The van der Waals surface area contributed by atoms with Gasteiger partial charge in [0.25, 0.3) is 0 Å². The van der Waals surface area contributed by atoms with Crippen LogP contribution >= 0.6 is 0 Å². The summed E-state index contributed by atoms with van der Waals surface area (Å²) in [4.78, 5) is 10.9. The zero-order chi connectivity index (χ0) is 13.8. The molecular weight excluding hydrogens is 238 g/mol. The summed E-state index contributed by atoms with van der Waals surface area (Å²) in [5, 5.41) is 12.5. The van der Waals surface area contributed by atoms with Crippen LogP contribution in [-0.2, 0) is 0 Å². The minimum Gasteiger partial charge on any atom is -0.478 e. The fraction of sp³-hybridized carbons (Fsp3) is 0.562. The van der Waals surface area contributed by atoms with Gasteiger partial charge in [-0.3, -0.25) is 0 Å². The molecule has 0 spiro atoms. The molecule has 0 unspecified atom stereocenters. The van der Waals surface area contributed by atoms with E-state index in [4.69, 9.17) is 5.11 Å². The number of aromatic carboxylic acids is 1. The quantitative estimate of drug-likeness (QED) is 0.858. The molecule has 0 amide bonds. The Morgan fingerprint density at radius 1 is 1.32 bits per heavy atom. The first-order valence-electron chi connectivity index (χ1n) is 7.20. The molecule has 0 heterocycles. The average molecular weight is 261 g/mol. The lowest BCUT2D eigenvalue weighted by Crippen LogP contribution is -2.26. The normalized spacial score (nSPS) is 23.1. The molecule has 3 nitrogen and oxygen atoms in total. The van der Waals surface area contributed by atoms with Gasteiger partial charge in [-0.1, -0.05) is 13.3 Å². The van der Waals surface area contributed by atoms with E-state index in [1.54, 1.807) is 12.1 Å². The van der Waals surface area contributed by atoms with Crippen LogP contribution in [0, 0.1) is 12.8 Å². The van der Waals surface area contributed by atoms with Gasteiger partial charge in [0, 0.05) is 11.7 Å². The smallest absolute Gasteiger partial charge is 0.335 e. The molecule has 0 saturated heterocycles. The van der Waals surface area contributed by atoms with Crippen LogP contribution in [0.2, 0.25) is 0 Å².